The largest absolute Gasteiger partial charge is 0.366 e. The molecule has 0 unspecified atom stereocenters. The lowest BCUT2D eigenvalue weighted by atomic mass is 10.1. The van der Waals surface area contributed by atoms with Gasteiger partial charge in [0.05, 0.1) is 5.39 Å². The van der Waals surface area contributed by atoms with Crippen LogP contribution in [0.5, 0.6) is 0 Å². The van der Waals surface area contributed by atoms with Gasteiger partial charge in [0.15, 0.2) is 0 Å². The van der Waals surface area contributed by atoms with E-state index >= 15 is 0 Å². The van der Waals surface area contributed by atoms with Crippen LogP contribution in [0.25, 0.3) is 10.2 Å². The Morgan fingerprint density at radius 1 is 1.22 bits per heavy atom. The normalized spacial score (nSPS) is 19.7. The van der Waals surface area contributed by atoms with Crippen LogP contribution in [-0.4, -0.2) is 16.0 Å². The van der Waals surface area contributed by atoms with Crippen molar-refractivity contribution >= 4 is 27.4 Å². The zero-order valence-corrected chi connectivity index (χ0v) is 11.3. The molecule has 4 rings (SSSR count). The Balaban J connectivity index is 1.68. The van der Waals surface area contributed by atoms with E-state index in [1.54, 1.807) is 17.7 Å². The molecule has 2 fully saturated rings. The third kappa shape index (κ3) is 1.88. The first-order valence-corrected chi connectivity index (χ1v) is 7.60. The van der Waals surface area contributed by atoms with Crippen molar-refractivity contribution in [1.82, 2.24) is 9.97 Å². The van der Waals surface area contributed by atoms with Crippen molar-refractivity contribution in [2.75, 3.05) is 5.32 Å². The molecular formula is C14H17N3S. The zero-order chi connectivity index (χ0) is 12.1. The summed E-state index contributed by atoms with van der Waals surface area (Å²) in [7, 11) is 0. The van der Waals surface area contributed by atoms with Gasteiger partial charge in [-0.3, -0.25) is 0 Å². The molecule has 0 aliphatic heterocycles. The van der Waals surface area contributed by atoms with Crippen molar-refractivity contribution in [3.05, 3.63) is 17.3 Å². The molecule has 3 nitrogen and oxygen atoms in total. The number of anilines is 1. The minimum Gasteiger partial charge on any atom is -0.366 e. The molecule has 0 atom stereocenters. The monoisotopic (exact) mass is 259 g/mol. The molecule has 0 spiro atoms. The SMILES string of the molecule is Cc1cc2c(NC(C3CC3)C3CC3)ncnc2s1. The van der Waals surface area contributed by atoms with Gasteiger partial charge in [0.1, 0.15) is 17.0 Å². The van der Waals surface area contributed by atoms with Crippen LogP contribution in [0.2, 0.25) is 0 Å². The Labute approximate surface area is 111 Å². The summed E-state index contributed by atoms with van der Waals surface area (Å²) in [5, 5.41) is 4.92. The highest BCUT2D eigenvalue weighted by atomic mass is 32.1. The van der Waals surface area contributed by atoms with E-state index in [0.29, 0.717) is 6.04 Å². The van der Waals surface area contributed by atoms with Crippen molar-refractivity contribution < 1.29 is 0 Å². The number of aryl methyl sites for hydroxylation is 1. The molecule has 18 heavy (non-hydrogen) atoms. The molecule has 2 aliphatic rings. The van der Waals surface area contributed by atoms with E-state index in [0.717, 1.165) is 22.5 Å². The van der Waals surface area contributed by atoms with Gasteiger partial charge in [-0.15, -0.1) is 11.3 Å². The van der Waals surface area contributed by atoms with Gasteiger partial charge in [0.25, 0.3) is 0 Å². The van der Waals surface area contributed by atoms with Crippen molar-refractivity contribution in [1.29, 1.82) is 0 Å². The number of rotatable bonds is 4. The van der Waals surface area contributed by atoms with Crippen LogP contribution in [0.15, 0.2) is 12.4 Å². The molecule has 0 bridgehead atoms. The molecule has 0 saturated heterocycles. The third-order valence-electron chi connectivity index (χ3n) is 4.02. The van der Waals surface area contributed by atoms with Crippen LogP contribution in [0, 0.1) is 18.8 Å². The number of nitrogens with one attached hydrogen (secondary N) is 1. The van der Waals surface area contributed by atoms with Crippen LogP contribution in [0.3, 0.4) is 0 Å². The second kappa shape index (κ2) is 3.92. The second-order valence-electron chi connectivity index (χ2n) is 5.64. The smallest absolute Gasteiger partial charge is 0.138 e. The molecule has 2 heterocycles. The number of hydrogen-bond donors (Lipinski definition) is 1. The molecule has 2 aliphatic carbocycles. The maximum Gasteiger partial charge on any atom is 0.138 e. The lowest BCUT2D eigenvalue weighted by Gasteiger charge is -2.18. The molecular weight excluding hydrogens is 242 g/mol. The fourth-order valence-electron chi connectivity index (χ4n) is 2.78. The predicted octanol–water partition coefficient (Wildman–Crippen LogP) is 3.60. The fraction of sp³-hybridized carbons (Fsp3) is 0.571. The highest BCUT2D eigenvalue weighted by molar-refractivity contribution is 7.18. The standard InChI is InChI=1S/C14H17N3S/c1-8-6-11-13(15-7-16-14(11)18-8)17-12(9-2-3-9)10-4-5-10/h6-7,9-10,12H,2-5H2,1H3,(H,15,16,17). The summed E-state index contributed by atoms with van der Waals surface area (Å²) in [4.78, 5) is 11.2. The molecule has 0 amide bonds. The quantitative estimate of drug-likeness (QED) is 0.911. The van der Waals surface area contributed by atoms with Gasteiger partial charge >= 0.3 is 0 Å². The van der Waals surface area contributed by atoms with Crippen molar-refractivity contribution in [2.24, 2.45) is 11.8 Å². The molecule has 0 radical (unpaired) electrons. The van der Waals surface area contributed by atoms with Gasteiger partial charge in [-0.2, -0.15) is 0 Å². The predicted molar refractivity (Wildman–Crippen MR) is 75.0 cm³/mol. The summed E-state index contributed by atoms with van der Waals surface area (Å²) in [6, 6.07) is 2.86. The van der Waals surface area contributed by atoms with E-state index in [4.69, 9.17) is 0 Å². The first kappa shape index (κ1) is 10.7. The Bertz CT molecular complexity index is 572. The molecule has 0 aromatic carbocycles. The second-order valence-corrected chi connectivity index (χ2v) is 6.88. The average Bonchev–Trinajstić information content (AvgIpc) is 3.23. The van der Waals surface area contributed by atoms with E-state index in [-0.39, 0.29) is 0 Å². The first-order valence-electron chi connectivity index (χ1n) is 6.79. The summed E-state index contributed by atoms with van der Waals surface area (Å²) >= 11 is 1.75. The highest BCUT2D eigenvalue weighted by Crippen LogP contribution is 2.46. The minimum atomic E-state index is 0.656. The lowest BCUT2D eigenvalue weighted by molar-refractivity contribution is 0.566. The Morgan fingerprint density at radius 2 is 1.94 bits per heavy atom. The zero-order valence-electron chi connectivity index (χ0n) is 10.5. The number of thiophene rings is 1. The topological polar surface area (TPSA) is 37.8 Å². The fourth-order valence-corrected chi connectivity index (χ4v) is 3.63. The first-order chi connectivity index (χ1) is 8.81. The number of fused-ring (bicyclic) bond motifs is 1. The summed E-state index contributed by atoms with van der Waals surface area (Å²) in [6.45, 7) is 2.13. The van der Waals surface area contributed by atoms with E-state index < -0.39 is 0 Å². The van der Waals surface area contributed by atoms with Crippen molar-refractivity contribution in [3.8, 4) is 0 Å². The third-order valence-corrected chi connectivity index (χ3v) is 4.97. The Hall–Kier alpha value is -1.16. The van der Waals surface area contributed by atoms with Crippen LogP contribution in [0.4, 0.5) is 5.82 Å². The van der Waals surface area contributed by atoms with Crippen LogP contribution >= 0.6 is 11.3 Å². The van der Waals surface area contributed by atoms with Gasteiger partial charge in [0.2, 0.25) is 0 Å². The highest BCUT2D eigenvalue weighted by Gasteiger charge is 2.41. The van der Waals surface area contributed by atoms with E-state index in [1.807, 2.05) is 0 Å². The van der Waals surface area contributed by atoms with E-state index in [1.165, 1.54) is 35.9 Å². The molecule has 4 heteroatoms. The summed E-state index contributed by atoms with van der Waals surface area (Å²) < 4.78 is 0. The van der Waals surface area contributed by atoms with Crippen molar-refractivity contribution in [2.45, 2.75) is 38.6 Å². The van der Waals surface area contributed by atoms with E-state index in [9.17, 15) is 0 Å². The van der Waals surface area contributed by atoms with Gasteiger partial charge in [0, 0.05) is 10.9 Å². The van der Waals surface area contributed by atoms with E-state index in [2.05, 4.69) is 28.3 Å². The van der Waals surface area contributed by atoms with Gasteiger partial charge < -0.3 is 5.32 Å². The summed E-state index contributed by atoms with van der Waals surface area (Å²) in [6.07, 6.45) is 7.27. The molecule has 2 aromatic rings. The summed E-state index contributed by atoms with van der Waals surface area (Å²) in [5.41, 5.74) is 0. The molecule has 2 aromatic heterocycles. The number of aromatic nitrogens is 2. The number of nitrogens with zero attached hydrogens (tertiary/aromatic N) is 2. The van der Waals surface area contributed by atoms with Crippen molar-refractivity contribution in [3.63, 3.8) is 0 Å². The Morgan fingerprint density at radius 3 is 2.61 bits per heavy atom. The van der Waals surface area contributed by atoms with Crippen LogP contribution in [0.1, 0.15) is 30.6 Å². The molecule has 94 valence electrons. The van der Waals surface area contributed by atoms with Gasteiger partial charge in [-0.25, -0.2) is 9.97 Å². The molecule has 2 saturated carbocycles. The average molecular weight is 259 g/mol. The van der Waals surface area contributed by atoms with Gasteiger partial charge in [-0.1, -0.05) is 0 Å². The number of hydrogen-bond acceptors (Lipinski definition) is 4. The van der Waals surface area contributed by atoms with Gasteiger partial charge in [-0.05, 0) is 50.5 Å². The lowest BCUT2D eigenvalue weighted by Crippen LogP contribution is -2.24. The van der Waals surface area contributed by atoms with Crippen LogP contribution < -0.4 is 5.32 Å². The Kier molecular flexibility index (Phi) is 2.34. The maximum absolute atomic E-state index is 4.46. The summed E-state index contributed by atoms with van der Waals surface area (Å²) in [5.74, 6) is 2.83. The van der Waals surface area contributed by atoms with Crippen LogP contribution in [-0.2, 0) is 0 Å². The molecule has 1 N–H and O–H groups in total. The minimum absolute atomic E-state index is 0.656. The maximum atomic E-state index is 4.46.